The smallest absolute Gasteiger partial charge is 0.317 e. The van der Waals surface area contributed by atoms with Gasteiger partial charge in [0.2, 0.25) is 0 Å². The number of rotatable bonds is 1. The van der Waals surface area contributed by atoms with Crippen molar-refractivity contribution in [1.82, 2.24) is 10.2 Å². The maximum Gasteiger partial charge on any atom is 0.317 e. The first-order chi connectivity index (χ1) is 10.1. The van der Waals surface area contributed by atoms with Gasteiger partial charge in [-0.15, -0.1) is 0 Å². The van der Waals surface area contributed by atoms with Gasteiger partial charge in [0.05, 0.1) is 0 Å². The monoisotopic (exact) mass is 290 g/mol. The number of urea groups is 1. The van der Waals surface area contributed by atoms with Gasteiger partial charge in [0.25, 0.3) is 0 Å². The molecule has 2 amide bonds. The molecule has 0 spiro atoms. The van der Waals surface area contributed by atoms with Gasteiger partial charge in [0.1, 0.15) is 0 Å². The van der Waals surface area contributed by atoms with Gasteiger partial charge in [-0.1, -0.05) is 26.2 Å². The highest BCUT2D eigenvalue weighted by atomic mass is 16.2. The van der Waals surface area contributed by atoms with Crippen LogP contribution >= 0.6 is 0 Å². The molecule has 4 fully saturated rings. The van der Waals surface area contributed by atoms with Crippen molar-refractivity contribution >= 4 is 6.03 Å². The summed E-state index contributed by atoms with van der Waals surface area (Å²) in [5, 5.41) is 3.53. The van der Waals surface area contributed by atoms with Gasteiger partial charge in [0.15, 0.2) is 0 Å². The summed E-state index contributed by atoms with van der Waals surface area (Å²) in [6, 6.07) is 0.238. The van der Waals surface area contributed by atoms with Crippen molar-refractivity contribution < 1.29 is 4.79 Å². The summed E-state index contributed by atoms with van der Waals surface area (Å²) in [5.74, 6) is 3.37. The molecule has 1 aliphatic heterocycles. The van der Waals surface area contributed by atoms with E-state index in [4.69, 9.17) is 0 Å². The Morgan fingerprint density at radius 2 is 1.95 bits per heavy atom. The molecule has 0 radical (unpaired) electrons. The van der Waals surface area contributed by atoms with Crippen molar-refractivity contribution in [3.05, 3.63) is 0 Å². The van der Waals surface area contributed by atoms with E-state index in [1.807, 2.05) is 0 Å². The SMILES string of the molecule is CC1CCCN(C(=O)NC23CC4CCCC(C2)C(C4)C3)C1. The Kier molecular flexibility index (Phi) is 3.42. The van der Waals surface area contributed by atoms with E-state index in [9.17, 15) is 4.79 Å². The van der Waals surface area contributed by atoms with Crippen LogP contribution in [0.4, 0.5) is 4.79 Å². The molecule has 1 saturated heterocycles. The summed E-state index contributed by atoms with van der Waals surface area (Å²) in [5.41, 5.74) is 0.163. The summed E-state index contributed by atoms with van der Waals surface area (Å²) in [6.45, 7) is 4.19. The van der Waals surface area contributed by atoms with Crippen molar-refractivity contribution in [1.29, 1.82) is 0 Å². The Labute approximate surface area is 128 Å². The predicted molar refractivity (Wildman–Crippen MR) is 84.0 cm³/mol. The molecule has 118 valence electrons. The van der Waals surface area contributed by atoms with E-state index in [-0.39, 0.29) is 11.6 Å². The van der Waals surface area contributed by atoms with Crippen LogP contribution in [0, 0.1) is 23.7 Å². The van der Waals surface area contributed by atoms with Crippen LogP contribution in [0.3, 0.4) is 0 Å². The maximum atomic E-state index is 12.7. The van der Waals surface area contributed by atoms with Gasteiger partial charge in [-0.05, 0) is 62.2 Å². The Balaban J connectivity index is 1.45. The number of amides is 2. The number of nitrogens with zero attached hydrogens (tertiary/aromatic N) is 1. The zero-order valence-electron chi connectivity index (χ0n) is 13.4. The summed E-state index contributed by atoms with van der Waals surface area (Å²) in [7, 11) is 0. The average molecular weight is 290 g/mol. The van der Waals surface area contributed by atoms with Crippen molar-refractivity contribution in [3.63, 3.8) is 0 Å². The molecule has 3 aliphatic carbocycles. The Bertz CT molecular complexity index is 419. The Hall–Kier alpha value is -0.730. The van der Waals surface area contributed by atoms with Crippen molar-refractivity contribution in [2.75, 3.05) is 13.1 Å². The molecular weight excluding hydrogens is 260 g/mol. The number of carbonyl (C=O) groups is 1. The third kappa shape index (κ3) is 2.57. The first-order valence-corrected chi connectivity index (χ1v) is 9.21. The Morgan fingerprint density at radius 1 is 1.10 bits per heavy atom. The standard InChI is InChI=1S/C18H30N2O/c1-13-4-3-7-20(12-13)17(21)19-18-9-14-5-2-6-15(10-18)16(8-14)11-18/h13-16H,2-12H2,1H3,(H,19,21). The molecule has 1 heterocycles. The number of likely N-dealkylation sites (tertiary alicyclic amines) is 1. The molecule has 3 heteroatoms. The molecule has 0 aromatic heterocycles. The summed E-state index contributed by atoms with van der Waals surface area (Å²) in [6.07, 6.45) is 12.0. The molecular formula is C18H30N2O. The second-order valence-electron chi connectivity index (χ2n) is 8.57. The molecule has 3 saturated carbocycles. The second-order valence-corrected chi connectivity index (χ2v) is 8.57. The largest absolute Gasteiger partial charge is 0.333 e. The minimum absolute atomic E-state index is 0.163. The summed E-state index contributed by atoms with van der Waals surface area (Å²) < 4.78 is 0. The third-order valence-corrected chi connectivity index (χ3v) is 6.79. The molecule has 0 aromatic rings. The predicted octanol–water partition coefficient (Wildman–Crippen LogP) is 3.79. The van der Waals surface area contributed by atoms with Gasteiger partial charge in [-0.2, -0.15) is 0 Å². The lowest BCUT2D eigenvalue weighted by Crippen LogP contribution is -2.55. The molecule has 5 unspecified atom stereocenters. The fourth-order valence-electron chi connectivity index (χ4n) is 5.99. The number of hydrogen-bond acceptors (Lipinski definition) is 1. The molecule has 3 nitrogen and oxygen atoms in total. The van der Waals surface area contributed by atoms with E-state index in [1.54, 1.807) is 0 Å². The molecule has 4 rings (SSSR count). The molecule has 4 aliphatic rings. The van der Waals surface area contributed by atoms with E-state index in [1.165, 1.54) is 57.8 Å². The zero-order chi connectivity index (χ0) is 14.4. The van der Waals surface area contributed by atoms with E-state index < -0.39 is 0 Å². The number of carbonyl (C=O) groups excluding carboxylic acids is 1. The molecule has 21 heavy (non-hydrogen) atoms. The van der Waals surface area contributed by atoms with Crippen LogP contribution in [-0.4, -0.2) is 29.6 Å². The summed E-state index contributed by atoms with van der Waals surface area (Å²) in [4.78, 5) is 14.8. The van der Waals surface area contributed by atoms with Crippen molar-refractivity contribution in [2.24, 2.45) is 23.7 Å². The molecule has 0 aromatic carbocycles. The van der Waals surface area contributed by atoms with Crippen LogP contribution < -0.4 is 5.32 Å². The number of nitrogens with one attached hydrogen (secondary N) is 1. The lowest BCUT2D eigenvalue weighted by Gasteiger charge is -2.41. The molecule has 1 N–H and O–H groups in total. The van der Waals surface area contributed by atoms with Crippen molar-refractivity contribution in [3.8, 4) is 0 Å². The highest BCUT2D eigenvalue weighted by molar-refractivity contribution is 5.75. The van der Waals surface area contributed by atoms with E-state index in [2.05, 4.69) is 17.1 Å². The van der Waals surface area contributed by atoms with E-state index in [0.717, 1.165) is 30.8 Å². The van der Waals surface area contributed by atoms with Crippen molar-refractivity contribution in [2.45, 2.75) is 70.3 Å². The van der Waals surface area contributed by atoms with Crippen LogP contribution in [0.15, 0.2) is 0 Å². The lowest BCUT2D eigenvalue weighted by molar-refractivity contribution is 0.138. The first-order valence-electron chi connectivity index (χ1n) is 9.21. The first kappa shape index (κ1) is 13.9. The number of fused-ring (bicyclic) bond motifs is 2. The third-order valence-electron chi connectivity index (χ3n) is 6.79. The quantitative estimate of drug-likeness (QED) is 0.783. The van der Waals surface area contributed by atoms with Gasteiger partial charge >= 0.3 is 6.03 Å². The topological polar surface area (TPSA) is 32.3 Å². The second kappa shape index (κ2) is 5.17. The Morgan fingerprint density at radius 3 is 2.81 bits per heavy atom. The summed E-state index contributed by atoms with van der Waals surface area (Å²) >= 11 is 0. The van der Waals surface area contributed by atoms with Gasteiger partial charge in [-0.3, -0.25) is 0 Å². The average Bonchev–Trinajstić information content (AvgIpc) is 2.59. The van der Waals surface area contributed by atoms with Crippen LogP contribution in [0.2, 0.25) is 0 Å². The van der Waals surface area contributed by atoms with E-state index >= 15 is 0 Å². The van der Waals surface area contributed by atoms with E-state index in [0.29, 0.717) is 5.92 Å². The normalized spacial score (nSPS) is 45.5. The highest BCUT2D eigenvalue weighted by Gasteiger charge is 2.52. The fourth-order valence-corrected chi connectivity index (χ4v) is 5.99. The van der Waals surface area contributed by atoms with Crippen LogP contribution in [0.1, 0.15) is 64.7 Å². The zero-order valence-corrected chi connectivity index (χ0v) is 13.4. The fraction of sp³-hybridized carbons (Fsp3) is 0.944. The number of hydrogen-bond donors (Lipinski definition) is 1. The van der Waals surface area contributed by atoms with Crippen LogP contribution in [-0.2, 0) is 0 Å². The van der Waals surface area contributed by atoms with Crippen LogP contribution in [0.25, 0.3) is 0 Å². The van der Waals surface area contributed by atoms with Gasteiger partial charge in [0, 0.05) is 18.6 Å². The van der Waals surface area contributed by atoms with Crippen LogP contribution in [0.5, 0.6) is 0 Å². The highest BCUT2D eigenvalue weighted by Crippen LogP contribution is 2.55. The minimum atomic E-state index is 0.163. The number of piperidine rings is 1. The molecule has 3 bridgehead atoms. The minimum Gasteiger partial charge on any atom is -0.333 e. The van der Waals surface area contributed by atoms with Gasteiger partial charge < -0.3 is 10.2 Å². The van der Waals surface area contributed by atoms with Gasteiger partial charge in [-0.25, -0.2) is 4.79 Å². The maximum absolute atomic E-state index is 12.7. The lowest BCUT2D eigenvalue weighted by atomic mass is 9.75. The molecule has 5 atom stereocenters.